The van der Waals surface area contributed by atoms with Crippen molar-refractivity contribution in [1.29, 1.82) is 0 Å². The van der Waals surface area contributed by atoms with E-state index in [9.17, 15) is 14.7 Å². The molecule has 1 saturated carbocycles. The fourth-order valence-electron chi connectivity index (χ4n) is 3.81. The van der Waals surface area contributed by atoms with E-state index < -0.39 is 17.9 Å². The van der Waals surface area contributed by atoms with E-state index in [1.807, 2.05) is 25.1 Å². The fraction of sp³-hybridized carbons (Fsp3) is 0.591. The number of carbonyl (C=O) groups is 2. The number of amides is 1. The summed E-state index contributed by atoms with van der Waals surface area (Å²) >= 11 is 0. The molecule has 0 bridgehead atoms. The summed E-state index contributed by atoms with van der Waals surface area (Å²) < 4.78 is 0. The Bertz CT molecular complexity index is 809. The summed E-state index contributed by atoms with van der Waals surface area (Å²) in [4.78, 5) is 28.9. The van der Waals surface area contributed by atoms with Gasteiger partial charge in [-0.25, -0.2) is 0 Å². The molecule has 1 amide bonds. The van der Waals surface area contributed by atoms with Gasteiger partial charge in [0, 0.05) is 12.6 Å². The molecule has 1 aromatic heterocycles. The molecule has 29 heavy (non-hydrogen) atoms. The number of aromatic nitrogens is 1. The molecule has 0 saturated heterocycles. The number of carboxylic acids is 1. The summed E-state index contributed by atoms with van der Waals surface area (Å²) in [5.41, 5.74) is 6.50. The van der Waals surface area contributed by atoms with Crippen LogP contribution in [-0.4, -0.2) is 40.6 Å². The molecule has 1 fully saturated rings. The maximum Gasteiger partial charge on any atom is 0.308 e. The van der Waals surface area contributed by atoms with Gasteiger partial charge in [0.1, 0.15) is 0 Å². The molecule has 5 N–H and O–H groups in total. The molecule has 1 aliphatic carbocycles. The molecule has 0 radical (unpaired) electrons. The summed E-state index contributed by atoms with van der Waals surface area (Å²) in [5.74, 6) is -1.49. The Hall–Kier alpha value is -2.25. The average Bonchev–Trinajstić information content (AvgIpc) is 3.17. The molecule has 1 aliphatic rings. The van der Waals surface area contributed by atoms with Crippen molar-refractivity contribution in [3.05, 3.63) is 28.4 Å². The molecular formula is C22H34N4O3. The summed E-state index contributed by atoms with van der Waals surface area (Å²) in [6.45, 7) is 5.03. The lowest BCUT2D eigenvalue weighted by molar-refractivity contribution is -0.142. The van der Waals surface area contributed by atoms with Crippen LogP contribution < -0.4 is 26.9 Å². The number of nitrogens with one attached hydrogen (secondary N) is 2. The van der Waals surface area contributed by atoms with Gasteiger partial charge >= 0.3 is 5.97 Å². The molecule has 1 aromatic rings. The maximum atomic E-state index is 12.8. The van der Waals surface area contributed by atoms with Gasteiger partial charge in [0.2, 0.25) is 5.91 Å². The number of aliphatic carboxylic acids is 1. The van der Waals surface area contributed by atoms with E-state index >= 15 is 0 Å². The Kier molecular flexibility index (Phi) is 9.28. The molecular weight excluding hydrogens is 368 g/mol. The minimum absolute atomic E-state index is 0.157. The van der Waals surface area contributed by atoms with Crippen LogP contribution in [0, 0.1) is 5.92 Å². The third kappa shape index (κ3) is 6.65. The second-order valence-electron chi connectivity index (χ2n) is 7.53. The lowest BCUT2D eigenvalue weighted by atomic mass is 10.0. The van der Waals surface area contributed by atoms with E-state index in [2.05, 4.69) is 23.6 Å². The number of hydrogen-bond donors (Lipinski definition) is 4. The quantitative estimate of drug-likeness (QED) is 0.456. The van der Waals surface area contributed by atoms with Crippen LogP contribution in [0.25, 0.3) is 12.2 Å². The third-order valence-corrected chi connectivity index (χ3v) is 5.43. The van der Waals surface area contributed by atoms with Crippen molar-refractivity contribution in [3.63, 3.8) is 0 Å². The molecule has 7 nitrogen and oxygen atoms in total. The minimum atomic E-state index is -0.837. The lowest BCUT2D eigenvalue weighted by Gasteiger charge is -2.23. The maximum absolute atomic E-state index is 12.8. The molecule has 1 heterocycles. The summed E-state index contributed by atoms with van der Waals surface area (Å²) in [6, 6.07) is 3.28. The summed E-state index contributed by atoms with van der Waals surface area (Å²) in [5, 5.41) is 17.6. The SMILES string of the molecule is C/C=c1/ccc(CNC(CCCN)C(=O)NC2CCCC2C(=O)O)n/c1=C/CC. The highest BCUT2D eigenvalue weighted by atomic mass is 16.4. The molecule has 0 aromatic carbocycles. The van der Waals surface area contributed by atoms with Crippen LogP contribution >= 0.6 is 0 Å². The summed E-state index contributed by atoms with van der Waals surface area (Å²) in [6.07, 6.45) is 8.48. The first kappa shape index (κ1) is 23.0. The van der Waals surface area contributed by atoms with E-state index in [0.717, 1.165) is 29.1 Å². The Balaban J connectivity index is 2.06. The van der Waals surface area contributed by atoms with Crippen LogP contribution in [0.1, 0.15) is 58.1 Å². The first-order chi connectivity index (χ1) is 14.0. The van der Waals surface area contributed by atoms with Gasteiger partial charge in [-0.15, -0.1) is 0 Å². The topological polar surface area (TPSA) is 117 Å². The van der Waals surface area contributed by atoms with Gasteiger partial charge in [0.25, 0.3) is 0 Å². The summed E-state index contributed by atoms with van der Waals surface area (Å²) in [7, 11) is 0. The van der Waals surface area contributed by atoms with Crippen molar-refractivity contribution in [2.24, 2.45) is 11.7 Å². The largest absolute Gasteiger partial charge is 0.481 e. The van der Waals surface area contributed by atoms with Gasteiger partial charge in [0.05, 0.1) is 23.0 Å². The van der Waals surface area contributed by atoms with Crippen LogP contribution in [0.3, 0.4) is 0 Å². The van der Waals surface area contributed by atoms with Gasteiger partial charge in [-0.2, -0.15) is 0 Å². The molecule has 7 heteroatoms. The second kappa shape index (κ2) is 11.7. The van der Waals surface area contributed by atoms with Crippen molar-refractivity contribution >= 4 is 24.0 Å². The Morgan fingerprint density at radius 2 is 2.17 bits per heavy atom. The van der Waals surface area contributed by atoms with E-state index in [4.69, 9.17) is 10.7 Å². The third-order valence-electron chi connectivity index (χ3n) is 5.43. The Morgan fingerprint density at radius 1 is 1.38 bits per heavy atom. The van der Waals surface area contributed by atoms with Crippen LogP contribution in [0.2, 0.25) is 0 Å². The smallest absolute Gasteiger partial charge is 0.308 e. The number of nitrogens with two attached hydrogens (primary N) is 1. The first-order valence-corrected chi connectivity index (χ1v) is 10.6. The number of rotatable bonds is 10. The molecule has 0 spiro atoms. The van der Waals surface area contributed by atoms with Gasteiger partial charge in [-0.3, -0.25) is 14.6 Å². The molecule has 0 aliphatic heterocycles. The second-order valence-corrected chi connectivity index (χ2v) is 7.53. The molecule has 3 atom stereocenters. The van der Waals surface area contributed by atoms with Gasteiger partial charge < -0.3 is 21.5 Å². The van der Waals surface area contributed by atoms with Crippen molar-refractivity contribution in [2.45, 2.75) is 71.0 Å². The average molecular weight is 403 g/mol. The van der Waals surface area contributed by atoms with Crippen molar-refractivity contribution in [2.75, 3.05) is 6.54 Å². The molecule has 2 rings (SSSR count). The highest BCUT2D eigenvalue weighted by molar-refractivity contribution is 5.83. The number of carboxylic acid groups (broad SMARTS) is 1. The zero-order chi connectivity index (χ0) is 21.2. The monoisotopic (exact) mass is 402 g/mol. The predicted molar refractivity (Wildman–Crippen MR) is 114 cm³/mol. The zero-order valence-corrected chi connectivity index (χ0v) is 17.5. The number of hydrogen-bond acceptors (Lipinski definition) is 5. The normalized spacial score (nSPS) is 21.3. The highest BCUT2D eigenvalue weighted by Crippen LogP contribution is 2.26. The fourth-order valence-corrected chi connectivity index (χ4v) is 3.81. The van der Waals surface area contributed by atoms with Gasteiger partial charge in [0.15, 0.2) is 0 Å². The van der Waals surface area contributed by atoms with Crippen molar-refractivity contribution in [3.8, 4) is 0 Å². The number of pyridine rings is 1. The van der Waals surface area contributed by atoms with E-state index in [-0.39, 0.29) is 11.9 Å². The number of carbonyl (C=O) groups excluding carboxylic acids is 1. The van der Waals surface area contributed by atoms with Crippen LogP contribution in [0.15, 0.2) is 12.1 Å². The zero-order valence-electron chi connectivity index (χ0n) is 17.5. The standard InChI is InChI=1S/C22H34N4O3/c1-3-7-18-15(4-2)11-12-16(25-18)14-24-20(10-6-13-23)21(27)26-19-9-5-8-17(19)22(28)29/h4,7,11-12,17,19-20,24H,3,5-6,8-10,13-14,23H2,1-2H3,(H,26,27)(H,28,29)/b15-4-,18-7+. The van der Waals surface area contributed by atoms with E-state index in [1.165, 1.54) is 0 Å². The number of nitrogens with zero attached hydrogens (tertiary/aromatic N) is 1. The highest BCUT2D eigenvalue weighted by Gasteiger charge is 2.35. The predicted octanol–water partition coefficient (Wildman–Crippen LogP) is 0.639. The van der Waals surface area contributed by atoms with Crippen molar-refractivity contribution < 1.29 is 14.7 Å². The van der Waals surface area contributed by atoms with E-state index in [0.29, 0.717) is 38.8 Å². The molecule has 3 unspecified atom stereocenters. The van der Waals surface area contributed by atoms with Crippen LogP contribution in [0.5, 0.6) is 0 Å². The Labute approximate surface area is 172 Å². The Morgan fingerprint density at radius 3 is 2.83 bits per heavy atom. The first-order valence-electron chi connectivity index (χ1n) is 10.6. The van der Waals surface area contributed by atoms with E-state index in [1.54, 1.807) is 0 Å². The van der Waals surface area contributed by atoms with Crippen LogP contribution in [0.4, 0.5) is 0 Å². The minimum Gasteiger partial charge on any atom is -0.481 e. The molecule has 160 valence electrons. The van der Waals surface area contributed by atoms with Crippen molar-refractivity contribution in [1.82, 2.24) is 15.6 Å². The van der Waals surface area contributed by atoms with Gasteiger partial charge in [-0.05, 0) is 56.9 Å². The van der Waals surface area contributed by atoms with Crippen LogP contribution in [-0.2, 0) is 16.1 Å². The lowest BCUT2D eigenvalue weighted by Crippen LogP contribution is -2.49. The van der Waals surface area contributed by atoms with Gasteiger partial charge in [-0.1, -0.05) is 31.6 Å².